The van der Waals surface area contributed by atoms with Gasteiger partial charge in [-0.05, 0) is 25.5 Å². The Balaban J connectivity index is 2.27. The molecule has 4 N–H and O–H groups in total. The molecule has 25 heavy (non-hydrogen) atoms. The van der Waals surface area contributed by atoms with Crippen LogP contribution in [0.5, 0.6) is 0 Å². The van der Waals surface area contributed by atoms with Gasteiger partial charge in [-0.25, -0.2) is 4.99 Å². The maximum Gasteiger partial charge on any atom is 0.315 e. The van der Waals surface area contributed by atoms with Crippen LogP contribution in [0.15, 0.2) is 29.3 Å². The van der Waals surface area contributed by atoms with Gasteiger partial charge in [-0.15, -0.1) is 0 Å². The highest BCUT2D eigenvalue weighted by Crippen LogP contribution is 2.46. The molecule has 130 valence electrons. The number of nitrogens with two attached hydrogens (primary N) is 2. The summed E-state index contributed by atoms with van der Waals surface area (Å²) in [7, 11) is 0. The Morgan fingerprint density at radius 1 is 1.28 bits per heavy atom. The van der Waals surface area contributed by atoms with Crippen LogP contribution in [0, 0.1) is 5.92 Å². The lowest BCUT2D eigenvalue weighted by Crippen LogP contribution is -2.34. The third-order valence-electron chi connectivity index (χ3n) is 4.13. The lowest BCUT2D eigenvalue weighted by atomic mass is 9.77. The third kappa shape index (κ3) is 3.02. The Labute approximate surface area is 150 Å². The molecule has 3 rings (SSSR count). The van der Waals surface area contributed by atoms with Crippen molar-refractivity contribution in [3.05, 3.63) is 40.4 Å². The number of carbonyl (C=O) groups is 1. The molecule has 7 nitrogen and oxygen atoms in total. The molecule has 0 radical (unpaired) electrons. The first-order chi connectivity index (χ1) is 11.9. The fourth-order valence-corrected chi connectivity index (χ4v) is 3.37. The van der Waals surface area contributed by atoms with Gasteiger partial charge < -0.3 is 16.2 Å². The van der Waals surface area contributed by atoms with Gasteiger partial charge in [0.2, 0.25) is 5.95 Å². The largest absolute Gasteiger partial charge is 0.465 e. The molecule has 1 aromatic heterocycles. The SMILES string of the molecule is CCOC(=O)C1C(C)=Nc2nc(N)nc(N)c2C1c1ccccc1Cl. The molecule has 1 aliphatic rings. The molecule has 2 atom stereocenters. The molecule has 0 bridgehead atoms. The Kier molecular flexibility index (Phi) is 4.59. The fraction of sp³-hybridized carbons (Fsp3) is 0.294. The number of nitrogen functional groups attached to an aromatic ring is 2. The maximum absolute atomic E-state index is 12.6. The smallest absolute Gasteiger partial charge is 0.315 e. The minimum atomic E-state index is -0.665. The predicted octanol–water partition coefficient (Wildman–Crippen LogP) is 2.71. The topological polar surface area (TPSA) is 116 Å². The van der Waals surface area contributed by atoms with E-state index >= 15 is 0 Å². The van der Waals surface area contributed by atoms with Gasteiger partial charge >= 0.3 is 5.97 Å². The zero-order chi connectivity index (χ0) is 18.1. The lowest BCUT2D eigenvalue weighted by molar-refractivity contribution is -0.146. The van der Waals surface area contributed by atoms with Crippen LogP contribution in [0.2, 0.25) is 5.02 Å². The molecule has 2 heterocycles. The number of carbonyl (C=O) groups excluding carboxylic acids is 1. The van der Waals surface area contributed by atoms with E-state index in [0.29, 0.717) is 22.1 Å². The van der Waals surface area contributed by atoms with Crippen LogP contribution in [0.25, 0.3) is 0 Å². The number of halogens is 1. The number of aliphatic imine (C=N–C) groups is 1. The summed E-state index contributed by atoms with van der Waals surface area (Å²) in [4.78, 5) is 25.3. The zero-order valence-electron chi connectivity index (χ0n) is 13.9. The van der Waals surface area contributed by atoms with Crippen molar-refractivity contribution < 1.29 is 9.53 Å². The van der Waals surface area contributed by atoms with Gasteiger partial charge in [-0.3, -0.25) is 4.79 Å². The molecular formula is C17H18ClN5O2. The molecule has 8 heteroatoms. The minimum Gasteiger partial charge on any atom is -0.465 e. The van der Waals surface area contributed by atoms with E-state index in [9.17, 15) is 4.79 Å². The standard InChI is InChI=1S/C17H18ClN5O2/c1-3-25-16(24)11-8(2)21-15-13(14(19)22-17(20)23-15)12(11)9-6-4-5-7-10(9)18/h4-7,11-12H,3H2,1-2H3,(H4,19,20,22,23). The predicted molar refractivity (Wildman–Crippen MR) is 97.0 cm³/mol. The number of hydrogen-bond acceptors (Lipinski definition) is 7. The van der Waals surface area contributed by atoms with Crippen molar-refractivity contribution in [1.29, 1.82) is 0 Å². The summed E-state index contributed by atoms with van der Waals surface area (Å²) >= 11 is 6.40. The van der Waals surface area contributed by atoms with E-state index in [1.807, 2.05) is 18.2 Å². The summed E-state index contributed by atoms with van der Waals surface area (Å²) in [5.74, 6) is -0.996. The zero-order valence-corrected chi connectivity index (χ0v) is 14.6. The first kappa shape index (κ1) is 17.2. The molecule has 0 amide bonds. The minimum absolute atomic E-state index is 0.0280. The van der Waals surface area contributed by atoms with Gasteiger partial charge in [0.05, 0.1) is 6.61 Å². The Morgan fingerprint density at radius 3 is 2.68 bits per heavy atom. The van der Waals surface area contributed by atoms with Crippen molar-refractivity contribution in [2.24, 2.45) is 10.9 Å². The second kappa shape index (κ2) is 6.68. The highest BCUT2D eigenvalue weighted by molar-refractivity contribution is 6.31. The Morgan fingerprint density at radius 2 is 2.00 bits per heavy atom. The average molecular weight is 360 g/mol. The fourth-order valence-electron chi connectivity index (χ4n) is 3.12. The van der Waals surface area contributed by atoms with E-state index in [1.165, 1.54) is 0 Å². The second-order valence-corrected chi connectivity index (χ2v) is 6.09. The Hall–Kier alpha value is -2.67. The van der Waals surface area contributed by atoms with Crippen LogP contribution in [0.4, 0.5) is 17.6 Å². The molecule has 2 aromatic rings. The van der Waals surface area contributed by atoms with E-state index in [0.717, 1.165) is 5.56 Å². The number of benzene rings is 1. The van der Waals surface area contributed by atoms with Crippen LogP contribution >= 0.6 is 11.6 Å². The second-order valence-electron chi connectivity index (χ2n) is 5.69. The molecule has 0 saturated carbocycles. The maximum atomic E-state index is 12.6. The number of aromatic nitrogens is 2. The first-order valence-electron chi connectivity index (χ1n) is 7.83. The quantitative estimate of drug-likeness (QED) is 0.814. The summed E-state index contributed by atoms with van der Waals surface area (Å²) in [6, 6.07) is 7.27. The van der Waals surface area contributed by atoms with E-state index in [2.05, 4.69) is 15.0 Å². The van der Waals surface area contributed by atoms with E-state index in [4.69, 9.17) is 27.8 Å². The van der Waals surface area contributed by atoms with E-state index < -0.39 is 17.8 Å². The van der Waals surface area contributed by atoms with Gasteiger partial charge in [0.1, 0.15) is 11.7 Å². The Bertz CT molecular complexity index is 868. The summed E-state index contributed by atoms with van der Waals surface area (Å²) in [6.45, 7) is 3.77. The average Bonchev–Trinajstić information content (AvgIpc) is 2.53. The number of hydrogen-bond donors (Lipinski definition) is 2. The van der Waals surface area contributed by atoms with Gasteiger partial charge in [0, 0.05) is 22.2 Å². The molecule has 0 saturated heterocycles. The lowest BCUT2D eigenvalue weighted by Gasteiger charge is -2.31. The van der Waals surface area contributed by atoms with Gasteiger partial charge in [0.25, 0.3) is 0 Å². The van der Waals surface area contributed by atoms with Crippen molar-refractivity contribution in [1.82, 2.24) is 9.97 Å². The van der Waals surface area contributed by atoms with Gasteiger partial charge in [0.15, 0.2) is 5.82 Å². The van der Waals surface area contributed by atoms with Crippen molar-refractivity contribution >= 4 is 40.9 Å². The summed E-state index contributed by atoms with van der Waals surface area (Å²) in [6.07, 6.45) is 0. The molecule has 1 aromatic carbocycles. The summed E-state index contributed by atoms with van der Waals surface area (Å²) in [5.41, 5.74) is 13.6. The number of ether oxygens (including phenoxy) is 1. The van der Waals surface area contributed by atoms with E-state index in [1.54, 1.807) is 19.9 Å². The molecule has 0 spiro atoms. The van der Waals surface area contributed by atoms with Crippen molar-refractivity contribution in [2.45, 2.75) is 19.8 Å². The molecular weight excluding hydrogens is 342 g/mol. The van der Waals surface area contributed by atoms with Crippen molar-refractivity contribution in [2.75, 3.05) is 18.1 Å². The van der Waals surface area contributed by atoms with Crippen LogP contribution < -0.4 is 11.5 Å². The van der Waals surface area contributed by atoms with Crippen molar-refractivity contribution in [3.8, 4) is 0 Å². The van der Waals surface area contributed by atoms with E-state index in [-0.39, 0.29) is 18.4 Å². The molecule has 1 aliphatic heterocycles. The molecule has 0 aliphatic carbocycles. The number of anilines is 2. The van der Waals surface area contributed by atoms with Crippen LogP contribution in [0.3, 0.4) is 0 Å². The highest BCUT2D eigenvalue weighted by Gasteiger charge is 2.41. The monoisotopic (exact) mass is 359 g/mol. The normalized spacial score (nSPS) is 19.1. The number of nitrogens with zero attached hydrogens (tertiary/aromatic N) is 3. The van der Waals surface area contributed by atoms with Gasteiger partial charge in [-0.1, -0.05) is 29.8 Å². The first-order valence-corrected chi connectivity index (χ1v) is 8.21. The van der Waals surface area contributed by atoms with Crippen molar-refractivity contribution in [3.63, 3.8) is 0 Å². The number of esters is 1. The number of fused-ring (bicyclic) bond motifs is 1. The van der Waals surface area contributed by atoms with Gasteiger partial charge in [-0.2, -0.15) is 9.97 Å². The van der Waals surface area contributed by atoms with Crippen LogP contribution in [-0.4, -0.2) is 28.3 Å². The molecule has 2 unspecified atom stereocenters. The summed E-state index contributed by atoms with van der Waals surface area (Å²) < 4.78 is 5.25. The third-order valence-corrected chi connectivity index (χ3v) is 4.47. The summed E-state index contributed by atoms with van der Waals surface area (Å²) in [5, 5.41) is 0.513. The number of rotatable bonds is 3. The molecule has 0 fully saturated rings. The van der Waals surface area contributed by atoms with Crippen LogP contribution in [0.1, 0.15) is 30.9 Å². The highest BCUT2D eigenvalue weighted by atomic mass is 35.5. The van der Waals surface area contributed by atoms with Crippen LogP contribution in [-0.2, 0) is 9.53 Å².